The molecule has 204 valence electrons. The van der Waals surface area contributed by atoms with Gasteiger partial charge in [-0.2, -0.15) is 0 Å². The van der Waals surface area contributed by atoms with Gasteiger partial charge in [0.25, 0.3) is 0 Å². The normalized spacial score (nSPS) is 32.5. The summed E-state index contributed by atoms with van der Waals surface area (Å²) in [5.74, 6) is 0.389. The molecule has 2 aliphatic heterocycles. The molecule has 0 bridgehead atoms. The second kappa shape index (κ2) is 11.7. The highest BCUT2D eigenvalue weighted by molar-refractivity contribution is 5.87. The van der Waals surface area contributed by atoms with Gasteiger partial charge in [0.2, 0.25) is 0 Å². The molecule has 1 unspecified atom stereocenters. The fourth-order valence-electron chi connectivity index (χ4n) is 5.54. The highest BCUT2D eigenvalue weighted by Crippen LogP contribution is 2.59. The molecular formula is C30H42O7. The Morgan fingerprint density at radius 1 is 1.19 bits per heavy atom. The molecule has 0 radical (unpaired) electrons. The van der Waals surface area contributed by atoms with Gasteiger partial charge < -0.3 is 28.4 Å². The number of allylic oxidation sites excluding steroid dienone is 1. The summed E-state index contributed by atoms with van der Waals surface area (Å²) < 4.78 is 35.3. The zero-order valence-electron chi connectivity index (χ0n) is 23.0. The molecule has 1 aromatic carbocycles. The Hall–Kier alpha value is -2.19. The third kappa shape index (κ3) is 6.82. The first-order valence-corrected chi connectivity index (χ1v) is 13.4. The number of esters is 1. The number of hydrogen-bond donors (Lipinski definition) is 0. The van der Waals surface area contributed by atoms with Crippen molar-refractivity contribution in [3.63, 3.8) is 0 Å². The van der Waals surface area contributed by atoms with Gasteiger partial charge in [-0.1, -0.05) is 23.8 Å². The molecule has 7 nitrogen and oxygen atoms in total. The highest BCUT2D eigenvalue weighted by atomic mass is 16.6. The largest absolute Gasteiger partial charge is 0.491 e. The Morgan fingerprint density at radius 3 is 2.54 bits per heavy atom. The number of epoxide rings is 2. The van der Waals surface area contributed by atoms with Crippen molar-refractivity contribution in [2.75, 3.05) is 26.9 Å². The van der Waals surface area contributed by atoms with E-state index >= 15 is 0 Å². The molecule has 6 atom stereocenters. The molecule has 1 aromatic rings. The summed E-state index contributed by atoms with van der Waals surface area (Å²) in [6, 6.07) is 7.57. The fraction of sp³-hybridized carbons (Fsp3) is 0.633. The summed E-state index contributed by atoms with van der Waals surface area (Å²) in [4.78, 5) is 12.8. The first-order valence-electron chi connectivity index (χ1n) is 13.4. The molecule has 2 saturated heterocycles. The summed E-state index contributed by atoms with van der Waals surface area (Å²) in [5.41, 5.74) is 1.57. The third-order valence-electron chi connectivity index (χ3n) is 7.60. The minimum Gasteiger partial charge on any atom is -0.491 e. The monoisotopic (exact) mass is 514 g/mol. The van der Waals surface area contributed by atoms with Gasteiger partial charge >= 0.3 is 5.97 Å². The number of benzene rings is 1. The maximum Gasteiger partial charge on any atom is 0.331 e. The van der Waals surface area contributed by atoms with Crippen LogP contribution in [0, 0.1) is 5.92 Å². The van der Waals surface area contributed by atoms with Gasteiger partial charge in [-0.3, -0.25) is 0 Å². The summed E-state index contributed by atoms with van der Waals surface area (Å²) in [6.45, 7) is 12.1. The van der Waals surface area contributed by atoms with Gasteiger partial charge in [0, 0.05) is 13.2 Å². The quantitative estimate of drug-likeness (QED) is 0.126. The van der Waals surface area contributed by atoms with Crippen LogP contribution >= 0.6 is 0 Å². The first-order chi connectivity index (χ1) is 17.7. The van der Waals surface area contributed by atoms with Gasteiger partial charge in [0.15, 0.2) is 0 Å². The minimum absolute atomic E-state index is 0.00887. The van der Waals surface area contributed by atoms with Crippen LogP contribution in [0.25, 0.3) is 6.08 Å². The minimum atomic E-state index is -0.382. The Kier molecular flexibility index (Phi) is 8.79. The maximum atomic E-state index is 12.8. The van der Waals surface area contributed by atoms with Crippen molar-refractivity contribution in [3.8, 4) is 5.75 Å². The van der Waals surface area contributed by atoms with E-state index < -0.39 is 0 Å². The summed E-state index contributed by atoms with van der Waals surface area (Å²) in [6.07, 6.45) is 7.51. The lowest BCUT2D eigenvalue weighted by atomic mass is 9.68. The molecule has 0 amide bonds. The van der Waals surface area contributed by atoms with Crippen LogP contribution in [0.1, 0.15) is 59.4 Å². The number of methoxy groups -OCH3 is 1. The summed E-state index contributed by atoms with van der Waals surface area (Å²) >= 11 is 0. The van der Waals surface area contributed by atoms with E-state index in [1.165, 1.54) is 11.6 Å². The molecule has 0 aromatic heterocycles. The van der Waals surface area contributed by atoms with Crippen LogP contribution in [0.5, 0.6) is 5.75 Å². The average Bonchev–Trinajstić information content (AvgIpc) is 3.78. The Balaban J connectivity index is 1.33. The second-order valence-electron chi connectivity index (χ2n) is 11.0. The Labute approximate surface area is 221 Å². The second-order valence-corrected chi connectivity index (χ2v) is 11.0. The molecule has 0 N–H and O–H groups in total. The SMILES string of the molecule is CO[C@H]1[C@H](C2(C)O[C@H]2CC=C(C)C)[C@]2(CC[C@H]1OC(=O)/C=C/c1ccc(OCCOC(C)C)cc1)CO2. The van der Waals surface area contributed by atoms with E-state index in [4.69, 9.17) is 28.4 Å². The third-order valence-corrected chi connectivity index (χ3v) is 7.60. The van der Waals surface area contributed by atoms with Crippen molar-refractivity contribution in [2.24, 2.45) is 5.92 Å². The number of hydrogen-bond acceptors (Lipinski definition) is 7. The molecule has 7 heteroatoms. The zero-order chi connectivity index (χ0) is 26.6. The topological polar surface area (TPSA) is 79.1 Å². The van der Waals surface area contributed by atoms with Crippen molar-refractivity contribution in [3.05, 3.63) is 47.6 Å². The van der Waals surface area contributed by atoms with Crippen molar-refractivity contribution >= 4 is 12.0 Å². The van der Waals surface area contributed by atoms with Crippen LogP contribution in [0.4, 0.5) is 0 Å². The van der Waals surface area contributed by atoms with Gasteiger partial charge in [-0.05, 0) is 77.7 Å². The smallest absolute Gasteiger partial charge is 0.331 e. The van der Waals surface area contributed by atoms with E-state index in [1.807, 2.05) is 38.1 Å². The van der Waals surface area contributed by atoms with Gasteiger partial charge in [0.05, 0.1) is 31.3 Å². The molecule has 1 saturated carbocycles. The van der Waals surface area contributed by atoms with Gasteiger partial charge in [0.1, 0.15) is 35.8 Å². The lowest BCUT2D eigenvalue weighted by Crippen LogP contribution is -2.55. The van der Waals surface area contributed by atoms with E-state index in [0.717, 1.165) is 24.2 Å². The van der Waals surface area contributed by atoms with Gasteiger partial charge in [-0.15, -0.1) is 0 Å². The molecule has 1 spiro atoms. The first kappa shape index (κ1) is 27.8. The van der Waals surface area contributed by atoms with E-state index in [0.29, 0.717) is 26.2 Å². The van der Waals surface area contributed by atoms with Crippen LogP contribution in [-0.4, -0.2) is 68.5 Å². The summed E-state index contributed by atoms with van der Waals surface area (Å²) in [5, 5.41) is 0. The predicted octanol–water partition coefficient (Wildman–Crippen LogP) is 5.12. The van der Waals surface area contributed by atoms with Gasteiger partial charge in [-0.25, -0.2) is 4.79 Å². The number of carbonyl (C=O) groups is 1. The number of rotatable bonds is 12. The van der Waals surface area contributed by atoms with Crippen molar-refractivity contribution in [1.82, 2.24) is 0 Å². The van der Waals surface area contributed by atoms with Crippen LogP contribution in [0.3, 0.4) is 0 Å². The van der Waals surface area contributed by atoms with Crippen LogP contribution in [0.2, 0.25) is 0 Å². The molecule has 3 aliphatic rings. The highest BCUT2D eigenvalue weighted by Gasteiger charge is 2.72. The van der Waals surface area contributed by atoms with Crippen LogP contribution < -0.4 is 4.74 Å². The van der Waals surface area contributed by atoms with Crippen LogP contribution in [0.15, 0.2) is 42.0 Å². The number of carbonyl (C=O) groups excluding carboxylic acids is 1. The fourth-order valence-corrected chi connectivity index (χ4v) is 5.54. The predicted molar refractivity (Wildman–Crippen MR) is 141 cm³/mol. The molecule has 37 heavy (non-hydrogen) atoms. The molecule has 2 heterocycles. The molecular weight excluding hydrogens is 472 g/mol. The van der Waals surface area contributed by atoms with Crippen molar-refractivity contribution in [2.45, 2.75) is 89.5 Å². The van der Waals surface area contributed by atoms with E-state index in [1.54, 1.807) is 13.2 Å². The Bertz CT molecular complexity index is 974. The molecule has 4 rings (SSSR count). The zero-order valence-corrected chi connectivity index (χ0v) is 23.0. The van der Waals surface area contributed by atoms with Crippen LogP contribution in [-0.2, 0) is 28.5 Å². The Morgan fingerprint density at radius 2 is 1.92 bits per heavy atom. The van der Waals surface area contributed by atoms with E-state index in [2.05, 4.69) is 26.8 Å². The van der Waals surface area contributed by atoms with E-state index in [9.17, 15) is 4.79 Å². The maximum absolute atomic E-state index is 12.8. The standard InChI is InChI=1S/C30H42O7/c1-20(2)7-13-25-29(5,37-25)28-27(32-6)24(15-16-30(28)19-35-30)36-26(31)14-10-22-8-11-23(12-9-22)34-18-17-33-21(3)4/h7-12,14,21,24-25,27-28H,13,15-19H2,1-6H3/b14-10+/t24-,25+,27-,28-,29?,30+/m1/s1. The molecule has 3 fully saturated rings. The average molecular weight is 515 g/mol. The number of ether oxygens (including phenoxy) is 6. The van der Waals surface area contributed by atoms with Crippen molar-refractivity contribution < 1.29 is 33.2 Å². The lowest BCUT2D eigenvalue weighted by Gasteiger charge is -2.42. The lowest BCUT2D eigenvalue weighted by molar-refractivity contribution is -0.166. The molecule has 1 aliphatic carbocycles. The van der Waals surface area contributed by atoms with Crippen molar-refractivity contribution in [1.29, 1.82) is 0 Å². The summed E-state index contributed by atoms with van der Waals surface area (Å²) in [7, 11) is 1.69. The van der Waals surface area contributed by atoms with E-state index in [-0.39, 0.29) is 47.5 Å².